The molecule has 2 N–H and O–H groups in total. The number of aromatic carboxylic acids is 2. The Bertz CT molecular complexity index is 422. The van der Waals surface area contributed by atoms with Crippen molar-refractivity contribution in [2.24, 2.45) is 0 Å². The Hall–Kier alpha value is -0.630. The van der Waals surface area contributed by atoms with Crippen molar-refractivity contribution < 1.29 is 19.8 Å². The average Bonchev–Trinajstić information content (AvgIpc) is 2.14. The van der Waals surface area contributed by atoms with Crippen molar-refractivity contribution in [2.45, 2.75) is 13.8 Å². The van der Waals surface area contributed by atoms with Crippen molar-refractivity contribution in [1.29, 1.82) is 0 Å². The van der Waals surface area contributed by atoms with Gasteiger partial charge in [-0.25, -0.2) is 9.59 Å². The number of rotatable bonds is 2. The van der Waals surface area contributed by atoms with Crippen molar-refractivity contribution >= 4 is 50.5 Å². The van der Waals surface area contributed by atoms with Crippen LogP contribution in [-0.4, -0.2) is 22.2 Å². The number of halogens is 2. The molecule has 0 bridgehead atoms. The summed E-state index contributed by atoms with van der Waals surface area (Å²) in [5.41, 5.74) is 1.16. The quantitative estimate of drug-likeness (QED) is 0.751. The Kier molecular flexibility index (Phi) is 3.95. The minimum Gasteiger partial charge on any atom is -0.478 e. The molecule has 0 radical (unpaired) electrons. The number of hydrogen-bond acceptors (Lipinski definition) is 2. The molecule has 86 valence electrons. The fourth-order valence-electron chi connectivity index (χ4n) is 1.43. The fourth-order valence-corrected chi connectivity index (χ4v) is 3.00. The predicted octanol–water partition coefficient (Wildman–Crippen LogP) is 3.07. The summed E-state index contributed by atoms with van der Waals surface area (Å²) < 4.78 is 0.790. The Morgan fingerprint density at radius 2 is 1.50 bits per heavy atom. The summed E-state index contributed by atoms with van der Waals surface area (Å²) in [7, 11) is 0. The van der Waals surface area contributed by atoms with E-state index in [4.69, 9.17) is 10.2 Å². The maximum absolute atomic E-state index is 11.1. The van der Waals surface area contributed by atoms with Crippen LogP contribution in [0, 0.1) is 17.4 Å². The van der Waals surface area contributed by atoms with Gasteiger partial charge in [0, 0.05) is 8.04 Å². The van der Waals surface area contributed by atoms with Gasteiger partial charge in [-0.05, 0) is 63.5 Å². The van der Waals surface area contributed by atoms with Crippen molar-refractivity contribution in [3.63, 3.8) is 0 Å². The second-order valence-electron chi connectivity index (χ2n) is 3.24. The van der Waals surface area contributed by atoms with E-state index >= 15 is 0 Å². The lowest BCUT2D eigenvalue weighted by molar-refractivity contribution is 0.0678. The Labute approximate surface area is 114 Å². The van der Waals surface area contributed by atoms with E-state index in [9.17, 15) is 9.59 Å². The molecule has 0 amide bonds. The molecule has 0 aliphatic heterocycles. The summed E-state index contributed by atoms with van der Waals surface area (Å²) in [6.45, 7) is 3.18. The van der Waals surface area contributed by atoms with Gasteiger partial charge in [-0.1, -0.05) is 0 Å². The molecule has 0 heterocycles. The molecule has 0 saturated heterocycles. The van der Waals surface area contributed by atoms with Crippen molar-refractivity contribution in [2.75, 3.05) is 0 Å². The SMILES string of the molecule is Cc1c(I)c(C(=O)O)c(C)c(Br)c1C(=O)O. The Morgan fingerprint density at radius 3 is 1.88 bits per heavy atom. The normalized spacial score (nSPS) is 10.2. The third-order valence-electron chi connectivity index (χ3n) is 2.28. The first kappa shape index (κ1) is 13.4. The van der Waals surface area contributed by atoms with Crippen LogP contribution in [0.25, 0.3) is 0 Å². The van der Waals surface area contributed by atoms with Crippen LogP contribution in [0.1, 0.15) is 31.8 Å². The molecule has 0 aliphatic carbocycles. The van der Waals surface area contributed by atoms with Crippen LogP contribution in [0.4, 0.5) is 0 Å². The van der Waals surface area contributed by atoms with E-state index in [0.717, 1.165) is 0 Å². The average molecular weight is 399 g/mol. The largest absolute Gasteiger partial charge is 0.478 e. The van der Waals surface area contributed by atoms with Gasteiger partial charge in [0.2, 0.25) is 0 Å². The first-order chi connectivity index (χ1) is 7.29. The molecule has 0 saturated carbocycles. The molecule has 4 nitrogen and oxygen atoms in total. The van der Waals surface area contributed by atoms with Gasteiger partial charge in [-0.15, -0.1) is 0 Å². The summed E-state index contributed by atoms with van der Waals surface area (Å²) >= 11 is 4.99. The van der Waals surface area contributed by atoms with Gasteiger partial charge in [-0.3, -0.25) is 0 Å². The lowest BCUT2D eigenvalue weighted by Gasteiger charge is -2.13. The summed E-state index contributed by atoms with van der Waals surface area (Å²) in [5.74, 6) is -2.12. The molecule has 1 aromatic carbocycles. The van der Waals surface area contributed by atoms with Crippen molar-refractivity contribution in [3.8, 4) is 0 Å². The highest BCUT2D eigenvalue weighted by atomic mass is 127. The highest BCUT2D eigenvalue weighted by molar-refractivity contribution is 14.1. The van der Waals surface area contributed by atoms with Crippen LogP contribution in [0.5, 0.6) is 0 Å². The zero-order valence-electron chi connectivity index (χ0n) is 8.47. The first-order valence-corrected chi connectivity index (χ1v) is 6.11. The number of carboxylic acids is 2. The molecule has 6 heteroatoms. The van der Waals surface area contributed by atoms with Crippen LogP contribution in [0.2, 0.25) is 0 Å². The number of carbonyl (C=O) groups is 2. The zero-order chi connectivity index (χ0) is 12.6. The predicted molar refractivity (Wildman–Crippen MR) is 70.3 cm³/mol. The highest BCUT2D eigenvalue weighted by Gasteiger charge is 2.23. The molecular formula is C10H8BrIO4. The molecule has 1 aromatic rings. The molecule has 0 aliphatic rings. The van der Waals surface area contributed by atoms with Gasteiger partial charge >= 0.3 is 11.9 Å². The maximum Gasteiger partial charge on any atom is 0.337 e. The van der Waals surface area contributed by atoms with Gasteiger partial charge < -0.3 is 10.2 Å². The van der Waals surface area contributed by atoms with Crippen LogP contribution in [-0.2, 0) is 0 Å². The van der Waals surface area contributed by atoms with E-state index in [1.165, 1.54) is 0 Å². The number of carboxylic acid groups (broad SMARTS) is 2. The molecule has 0 atom stereocenters. The van der Waals surface area contributed by atoms with E-state index in [1.54, 1.807) is 13.8 Å². The van der Waals surface area contributed by atoms with Gasteiger partial charge in [0.25, 0.3) is 0 Å². The molecule has 0 unspecified atom stereocenters. The molecule has 0 aromatic heterocycles. The van der Waals surface area contributed by atoms with Crippen LogP contribution in [0.15, 0.2) is 4.47 Å². The molecule has 0 fully saturated rings. The zero-order valence-corrected chi connectivity index (χ0v) is 12.2. The van der Waals surface area contributed by atoms with Gasteiger partial charge in [0.15, 0.2) is 0 Å². The third kappa shape index (κ3) is 2.08. The van der Waals surface area contributed by atoms with E-state index in [2.05, 4.69) is 15.9 Å². The maximum atomic E-state index is 11.1. The lowest BCUT2D eigenvalue weighted by Crippen LogP contribution is -2.11. The second kappa shape index (κ2) is 4.70. The van der Waals surface area contributed by atoms with Gasteiger partial charge in [-0.2, -0.15) is 0 Å². The van der Waals surface area contributed by atoms with Crippen molar-refractivity contribution in [3.05, 3.63) is 30.3 Å². The number of hydrogen-bond donors (Lipinski definition) is 2. The molecule has 16 heavy (non-hydrogen) atoms. The first-order valence-electron chi connectivity index (χ1n) is 4.23. The Balaban J connectivity index is 3.77. The second-order valence-corrected chi connectivity index (χ2v) is 5.11. The van der Waals surface area contributed by atoms with Crippen LogP contribution >= 0.6 is 38.5 Å². The fraction of sp³-hybridized carbons (Fsp3) is 0.200. The van der Waals surface area contributed by atoms with E-state index in [1.807, 2.05) is 22.6 Å². The monoisotopic (exact) mass is 398 g/mol. The molecular weight excluding hydrogens is 391 g/mol. The Morgan fingerprint density at radius 1 is 1.06 bits per heavy atom. The summed E-state index contributed by atoms with van der Waals surface area (Å²) in [4.78, 5) is 22.1. The van der Waals surface area contributed by atoms with E-state index in [0.29, 0.717) is 19.2 Å². The lowest BCUT2D eigenvalue weighted by atomic mass is 10.00. The molecule has 0 spiro atoms. The summed E-state index contributed by atoms with van der Waals surface area (Å²) in [5, 5.41) is 18.1. The van der Waals surface area contributed by atoms with E-state index in [-0.39, 0.29) is 11.1 Å². The number of benzene rings is 1. The minimum absolute atomic E-state index is 0.118. The third-order valence-corrected chi connectivity index (χ3v) is 4.61. The van der Waals surface area contributed by atoms with Crippen molar-refractivity contribution in [1.82, 2.24) is 0 Å². The van der Waals surface area contributed by atoms with Gasteiger partial charge in [0.1, 0.15) is 0 Å². The van der Waals surface area contributed by atoms with E-state index < -0.39 is 11.9 Å². The van der Waals surface area contributed by atoms with Gasteiger partial charge in [0.05, 0.1) is 11.1 Å². The summed E-state index contributed by atoms with van der Waals surface area (Å²) in [6.07, 6.45) is 0. The van der Waals surface area contributed by atoms with Crippen LogP contribution < -0.4 is 0 Å². The minimum atomic E-state index is -1.07. The standard InChI is InChI=1S/C10H8BrIO4/c1-3-6(10(15)16)8(12)4(2)5(7(3)11)9(13)14/h1-2H3,(H,13,14)(H,15,16). The highest BCUT2D eigenvalue weighted by Crippen LogP contribution is 2.32. The summed E-state index contributed by atoms with van der Waals surface area (Å²) in [6, 6.07) is 0. The molecule has 1 rings (SSSR count). The van der Waals surface area contributed by atoms with Crippen LogP contribution in [0.3, 0.4) is 0 Å². The smallest absolute Gasteiger partial charge is 0.337 e. The topological polar surface area (TPSA) is 74.6 Å².